The van der Waals surface area contributed by atoms with Gasteiger partial charge in [-0.2, -0.15) is 5.10 Å². The number of hydrogen-bond acceptors (Lipinski definition) is 8. The smallest absolute Gasteiger partial charge is 0.410 e. The van der Waals surface area contributed by atoms with Crippen molar-refractivity contribution in [1.82, 2.24) is 24.6 Å². The van der Waals surface area contributed by atoms with Gasteiger partial charge in [0.15, 0.2) is 0 Å². The van der Waals surface area contributed by atoms with Crippen molar-refractivity contribution in [3.63, 3.8) is 0 Å². The molecule has 1 N–H and O–H groups in total. The number of amides is 1. The lowest BCUT2D eigenvalue weighted by molar-refractivity contribution is 0.0148. The lowest BCUT2D eigenvalue weighted by Crippen LogP contribution is -2.41. The highest BCUT2D eigenvalue weighted by Gasteiger charge is 2.34. The summed E-state index contributed by atoms with van der Waals surface area (Å²) in [6, 6.07) is 13.5. The number of aromatic amines is 1. The third kappa shape index (κ3) is 8.98. The summed E-state index contributed by atoms with van der Waals surface area (Å²) >= 11 is 7.19. The number of esters is 1. The van der Waals surface area contributed by atoms with Crippen LogP contribution >= 0.6 is 11.6 Å². The van der Waals surface area contributed by atoms with Crippen LogP contribution in [0.25, 0.3) is 32.8 Å². The number of hydrogen-bond donors (Lipinski definition) is 1. The second-order valence-corrected chi connectivity index (χ2v) is 15.6. The minimum atomic E-state index is -0.694. The van der Waals surface area contributed by atoms with Gasteiger partial charge in [0.1, 0.15) is 22.9 Å². The first-order chi connectivity index (χ1) is 26.8. The summed E-state index contributed by atoms with van der Waals surface area (Å²) in [6.45, 7) is 13.6. The molecule has 0 bridgehead atoms. The number of aryl methyl sites for hydroxylation is 2. The Labute approximate surface area is 333 Å². The Bertz CT molecular complexity index is 2190. The maximum Gasteiger partial charge on any atom is 0.410 e. The molecule has 11 nitrogen and oxygen atoms in total. The van der Waals surface area contributed by atoms with Crippen LogP contribution in [-0.4, -0.2) is 95.3 Å². The Hall–Kier alpha value is -4.65. The van der Waals surface area contributed by atoms with Crippen LogP contribution in [0.3, 0.4) is 0 Å². The Morgan fingerprint density at radius 1 is 1.07 bits per heavy atom. The van der Waals surface area contributed by atoms with Crippen LogP contribution < -0.4 is 4.74 Å². The zero-order valence-electron chi connectivity index (χ0n) is 33.5. The minimum Gasteiger partial charge on any atom is -0.493 e. The standard InChI is InChI=1S/C43H53ClFN5O6/c1-8-33-37(40(47-49(33)7)34(19-20-50-21-24-53-25-22-50)48(6)42(52)56-43(3,4)5)36-32(44)18-17-31-30(39(46-38(31)36)41(51)54-9-2)13-11-23-55-35-14-10-12-27-26-28(45)15-16-29(27)35/h10,12,14-18,26,34,46H,8-9,11,13,19-25H2,1-7H3. The van der Waals surface area contributed by atoms with Crippen molar-refractivity contribution in [2.75, 3.05) is 53.1 Å². The number of H-pyrrole nitrogens is 1. The molecular weight excluding hydrogens is 737 g/mol. The summed E-state index contributed by atoms with van der Waals surface area (Å²) in [4.78, 5) is 34.7. The van der Waals surface area contributed by atoms with Crippen molar-refractivity contribution in [3.05, 3.63) is 82.0 Å². The molecule has 3 heterocycles. The predicted molar refractivity (Wildman–Crippen MR) is 217 cm³/mol. The van der Waals surface area contributed by atoms with Crippen LogP contribution in [0.1, 0.15) is 80.9 Å². The number of morpholine rings is 1. The van der Waals surface area contributed by atoms with E-state index in [-0.39, 0.29) is 12.4 Å². The van der Waals surface area contributed by atoms with Crippen LogP contribution in [0.15, 0.2) is 48.5 Å². The fourth-order valence-corrected chi connectivity index (χ4v) is 7.81. The fraction of sp³-hybridized carbons (Fsp3) is 0.465. The first-order valence-corrected chi connectivity index (χ1v) is 19.8. The second kappa shape index (κ2) is 17.7. The summed E-state index contributed by atoms with van der Waals surface area (Å²) in [5, 5.41) is 8.00. The highest BCUT2D eigenvalue weighted by molar-refractivity contribution is 6.35. The van der Waals surface area contributed by atoms with Crippen molar-refractivity contribution in [2.24, 2.45) is 7.05 Å². The van der Waals surface area contributed by atoms with E-state index in [9.17, 15) is 14.0 Å². The molecule has 300 valence electrons. The molecule has 1 saturated heterocycles. The molecule has 2 aromatic heterocycles. The number of ether oxygens (including phenoxy) is 4. The van der Waals surface area contributed by atoms with Gasteiger partial charge in [0.05, 0.1) is 48.7 Å². The van der Waals surface area contributed by atoms with E-state index in [2.05, 4.69) is 16.8 Å². The van der Waals surface area contributed by atoms with Gasteiger partial charge < -0.3 is 28.8 Å². The molecule has 1 fully saturated rings. The number of carbonyl (C=O) groups excluding carboxylic acids is 2. The van der Waals surface area contributed by atoms with Gasteiger partial charge in [0.2, 0.25) is 0 Å². The van der Waals surface area contributed by atoms with Gasteiger partial charge in [-0.15, -0.1) is 0 Å². The molecule has 1 aliphatic rings. The van der Waals surface area contributed by atoms with Gasteiger partial charge in [-0.3, -0.25) is 9.58 Å². The minimum absolute atomic E-state index is 0.209. The molecule has 5 aromatic rings. The van der Waals surface area contributed by atoms with Crippen LogP contribution in [0, 0.1) is 5.82 Å². The highest BCUT2D eigenvalue weighted by atomic mass is 35.5. The number of rotatable bonds is 14. The summed E-state index contributed by atoms with van der Waals surface area (Å²) in [7, 11) is 3.66. The third-order valence-electron chi connectivity index (χ3n) is 10.2. The zero-order valence-corrected chi connectivity index (χ0v) is 34.2. The van der Waals surface area contributed by atoms with Gasteiger partial charge in [-0.1, -0.05) is 36.7 Å². The number of halogens is 2. The maximum absolute atomic E-state index is 13.9. The monoisotopic (exact) mass is 789 g/mol. The molecule has 0 aliphatic carbocycles. The third-order valence-corrected chi connectivity index (χ3v) is 10.5. The average Bonchev–Trinajstić information content (AvgIpc) is 3.69. The summed E-state index contributed by atoms with van der Waals surface area (Å²) < 4.78 is 39.0. The first kappa shape index (κ1) is 41.0. The van der Waals surface area contributed by atoms with Gasteiger partial charge in [0.25, 0.3) is 0 Å². The molecule has 0 spiro atoms. The molecule has 1 unspecified atom stereocenters. The molecule has 0 radical (unpaired) electrons. The van der Waals surface area contributed by atoms with Gasteiger partial charge in [-0.25, -0.2) is 14.0 Å². The topological polar surface area (TPSA) is 111 Å². The van der Waals surface area contributed by atoms with Crippen molar-refractivity contribution < 1.29 is 32.9 Å². The van der Waals surface area contributed by atoms with Gasteiger partial charge in [0, 0.05) is 61.3 Å². The van der Waals surface area contributed by atoms with Crippen LogP contribution in [0.5, 0.6) is 5.75 Å². The zero-order chi connectivity index (χ0) is 40.1. The van der Waals surface area contributed by atoms with E-state index < -0.39 is 23.7 Å². The molecule has 6 rings (SSSR count). The molecule has 0 saturated carbocycles. The molecule has 1 atom stereocenters. The van der Waals surface area contributed by atoms with E-state index in [0.717, 1.165) is 46.1 Å². The SMILES string of the molecule is CCOC(=O)c1[nH]c2c(-c3c(C(CCN4CCOCC4)N(C)C(=O)OC(C)(C)C)nn(C)c3CC)c(Cl)ccc2c1CCCOc1cccc2cc(F)ccc12. The van der Waals surface area contributed by atoms with E-state index in [1.54, 1.807) is 24.9 Å². The molecule has 1 amide bonds. The average molecular weight is 790 g/mol. The normalized spacial score (nSPS) is 14.3. The number of nitrogens with one attached hydrogen (secondary N) is 1. The molecule has 3 aromatic carbocycles. The number of carbonyl (C=O) groups is 2. The Kier molecular flexibility index (Phi) is 12.9. The van der Waals surface area contributed by atoms with Crippen molar-refractivity contribution in [1.29, 1.82) is 0 Å². The summed E-state index contributed by atoms with van der Waals surface area (Å²) in [5.41, 5.74) is 4.27. The number of aromatic nitrogens is 3. The van der Waals surface area contributed by atoms with E-state index in [1.807, 2.05) is 62.8 Å². The Balaban J connectivity index is 1.41. The lowest BCUT2D eigenvalue weighted by atomic mass is 9.93. The van der Waals surface area contributed by atoms with Crippen LogP contribution in [0.2, 0.25) is 5.02 Å². The van der Waals surface area contributed by atoms with Crippen molar-refractivity contribution in [2.45, 2.75) is 71.9 Å². The van der Waals surface area contributed by atoms with Gasteiger partial charge >= 0.3 is 12.1 Å². The molecule has 56 heavy (non-hydrogen) atoms. The second-order valence-electron chi connectivity index (χ2n) is 15.2. The quantitative estimate of drug-likeness (QED) is 0.0878. The largest absolute Gasteiger partial charge is 0.493 e. The van der Waals surface area contributed by atoms with Gasteiger partial charge in [-0.05, 0) is 94.7 Å². The number of nitrogens with zero attached hydrogens (tertiary/aromatic N) is 4. The van der Waals surface area contributed by atoms with Crippen molar-refractivity contribution in [3.8, 4) is 16.9 Å². The fourth-order valence-electron chi connectivity index (χ4n) is 7.55. The highest BCUT2D eigenvalue weighted by Crippen LogP contribution is 2.44. The summed E-state index contributed by atoms with van der Waals surface area (Å²) in [5.74, 6) is -0.104. The Morgan fingerprint density at radius 2 is 1.82 bits per heavy atom. The Morgan fingerprint density at radius 3 is 2.54 bits per heavy atom. The van der Waals surface area contributed by atoms with E-state index >= 15 is 0 Å². The van der Waals surface area contributed by atoms with Crippen LogP contribution in [-0.2, 0) is 34.1 Å². The van der Waals surface area contributed by atoms with Crippen molar-refractivity contribution >= 4 is 45.3 Å². The van der Waals surface area contributed by atoms with E-state index in [4.69, 9.17) is 35.6 Å². The number of fused-ring (bicyclic) bond motifs is 2. The lowest BCUT2D eigenvalue weighted by Gasteiger charge is -2.33. The van der Waals surface area contributed by atoms with E-state index in [0.29, 0.717) is 85.3 Å². The summed E-state index contributed by atoms with van der Waals surface area (Å²) in [6.07, 6.45) is 1.85. The molecule has 13 heteroatoms. The van der Waals surface area contributed by atoms with E-state index in [1.165, 1.54) is 12.1 Å². The predicted octanol–water partition coefficient (Wildman–Crippen LogP) is 8.90. The first-order valence-electron chi connectivity index (χ1n) is 19.4. The van der Waals surface area contributed by atoms with Crippen LogP contribution in [0.4, 0.5) is 9.18 Å². The molecular formula is C43H53ClFN5O6. The molecule has 1 aliphatic heterocycles. The maximum atomic E-state index is 13.9. The number of benzene rings is 3.